The SMILES string of the molecule is OB(O)OCCOCC(F)(F)F. The van der Waals surface area contributed by atoms with Gasteiger partial charge in [-0.05, 0) is 0 Å². The lowest BCUT2D eigenvalue weighted by Gasteiger charge is -2.07. The van der Waals surface area contributed by atoms with Crippen LogP contribution in [0.1, 0.15) is 0 Å². The summed E-state index contributed by atoms with van der Waals surface area (Å²) in [6.07, 6.45) is -4.36. The van der Waals surface area contributed by atoms with Gasteiger partial charge in [0.2, 0.25) is 0 Å². The first-order valence-electron chi connectivity index (χ1n) is 3.04. The van der Waals surface area contributed by atoms with E-state index in [1.807, 2.05) is 0 Å². The van der Waals surface area contributed by atoms with E-state index in [9.17, 15) is 13.2 Å². The fourth-order valence-corrected chi connectivity index (χ4v) is 0.400. The highest BCUT2D eigenvalue weighted by molar-refractivity contribution is 6.32. The van der Waals surface area contributed by atoms with Gasteiger partial charge in [-0.15, -0.1) is 0 Å². The summed E-state index contributed by atoms with van der Waals surface area (Å²) in [5, 5.41) is 16.1. The van der Waals surface area contributed by atoms with Gasteiger partial charge in [-0.25, -0.2) is 0 Å². The van der Waals surface area contributed by atoms with E-state index in [0.717, 1.165) is 0 Å². The molecule has 0 aliphatic carbocycles. The Hall–Kier alpha value is -0.305. The fourth-order valence-electron chi connectivity index (χ4n) is 0.400. The third kappa shape index (κ3) is 9.69. The maximum atomic E-state index is 11.4. The molecule has 0 rings (SSSR count). The molecule has 0 amide bonds. The van der Waals surface area contributed by atoms with Gasteiger partial charge >= 0.3 is 13.5 Å². The molecule has 2 N–H and O–H groups in total. The highest BCUT2D eigenvalue weighted by Gasteiger charge is 2.27. The van der Waals surface area contributed by atoms with Gasteiger partial charge in [0.15, 0.2) is 0 Å². The number of hydrogen-bond acceptors (Lipinski definition) is 4. The summed E-state index contributed by atoms with van der Waals surface area (Å²) in [4.78, 5) is 0. The van der Waals surface area contributed by atoms with Crippen molar-refractivity contribution >= 4 is 7.32 Å². The van der Waals surface area contributed by atoms with E-state index in [1.54, 1.807) is 0 Å². The van der Waals surface area contributed by atoms with Crippen LogP contribution < -0.4 is 0 Å². The molecule has 0 aromatic rings. The lowest BCUT2D eigenvalue weighted by Crippen LogP contribution is -2.22. The summed E-state index contributed by atoms with van der Waals surface area (Å²) >= 11 is 0. The first kappa shape index (κ1) is 11.7. The van der Waals surface area contributed by atoms with Crippen LogP contribution in [0.15, 0.2) is 0 Å². The first-order chi connectivity index (χ1) is 5.42. The molecule has 8 heteroatoms. The molecule has 0 heterocycles. The van der Waals surface area contributed by atoms with Gasteiger partial charge in [0.1, 0.15) is 6.61 Å². The van der Waals surface area contributed by atoms with Crippen LogP contribution >= 0.6 is 0 Å². The van der Waals surface area contributed by atoms with Crippen LogP contribution in [0.3, 0.4) is 0 Å². The van der Waals surface area contributed by atoms with E-state index in [4.69, 9.17) is 10.0 Å². The minimum Gasteiger partial charge on any atom is -0.402 e. The Morgan fingerprint density at radius 3 is 2.17 bits per heavy atom. The molecule has 0 atom stereocenters. The molecule has 4 nitrogen and oxygen atoms in total. The van der Waals surface area contributed by atoms with E-state index in [0.29, 0.717) is 0 Å². The molecule has 0 unspecified atom stereocenters. The molecule has 0 aromatic carbocycles. The standard InChI is InChI=1S/C4H8BF3O4/c6-4(7,8)3-11-1-2-12-5(9)10/h9-10H,1-3H2. The molecular weight excluding hydrogens is 180 g/mol. The van der Waals surface area contributed by atoms with E-state index < -0.39 is 20.1 Å². The van der Waals surface area contributed by atoms with Crippen molar-refractivity contribution in [2.24, 2.45) is 0 Å². The summed E-state index contributed by atoms with van der Waals surface area (Å²) in [7, 11) is -1.97. The molecule has 0 aliphatic rings. The van der Waals surface area contributed by atoms with Crippen molar-refractivity contribution in [2.75, 3.05) is 19.8 Å². The number of alkyl halides is 3. The smallest absolute Gasteiger partial charge is 0.402 e. The second-order valence-electron chi connectivity index (χ2n) is 1.86. The van der Waals surface area contributed by atoms with Crippen molar-refractivity contribution in [3.05, 3.63) is 0 Å². The minimum atomic E-state index is -4.36. The third-order valence-corrected chi connectivity index (χ3v) is 0.760. The molecule has 0 aromatic heterocycles. The normalized spacial score (nSPS) is 11.8. The molecule has 0 aliphatic heterocycles. The van der Waals surface area contributed by atoms with Gasteiger partial charge in [-0.1, -0.05) is 0 Å². The zero-order chi connectivity index (χ0) is 9.61. The Labute approximate surface area is 67.1 Å². The Morgan fingerprint density at radius 2 is 1.75 bits per heavy atom. The molecule has 0 saturated heterocycles. The predicted molar refractivity (Wildman–Crippen MR) is 33.0 cm³/mol. The van der Waals surface area contributed by atoms with Gasteiger partial charge in [0.25, 0.3) is 0 Å². The van der Waals surface area contributed by atoms with Crippen molar-refractivity contribution in [1.29, 1.82) is 0 Å². The van der Waals surface area contributed by atoms with Crippen LogP contribution in [-0.4, -0.2) is 43.4 Å². The Morgan fingerprint density at radius 1 is 1.17 bits per heavy atom. The van der Waals surface area contributed by atoms with Gasteiger partial charge in [-0.3, -0.25) is 0 Å². The highest BCUT2D eigenvalue weighted by Crippen LogP contribution is 2.13. The summed E-state index contributed by atoms with van der Waals surface area (Å²) in [6.45, 7) is -2.00. The molecule has 0 fully saturated rings. The Bertz CT molecular complexity index is 117. The van der Waals surface area contributed by atoms with Gasteiger partial charge in [0.05, 0.1) is 13.2 Å². The van der Waals surface area contributed by atoms with E-state index in [-0.39, 0.29) is 13.2 Å². The molecule has 0 spiro atoms. The van der Waals surface area contributed by atoms with Gasteiger partial charge in [0, 0.05) is 0 Å². The number of ether oxygens (including phenoxy) is 1. The molecule has 72 valence electrons. The van der Waals surface area contributed by atoms with E-state index in [1.165, 1.54) is 0 Å². The number of hydrogen-bond donors (Lipinski definition) is 2. The molecule has 0 bridgehead atoms. The number of rotatable bonds is 5. The van der Waals surface area contributed by atoms with E-state index in [2.05, 4.69) is 9.39 Å². The van der Waals surface area contributed by atoms with Crippen LogP contribution in [0.2, 0.25) is 0 Å². The maximum absolute atomic E-state index is 11.4. The van der Waals surface area contributed by atoms with Crippen molar-refractivity contribution in [1.82, 2.24) is 0 Å². The van der Waals surface area contributed by atoms with Crippen molar-refractivity contribution < 1.29 is 32.6 Å². The van der Waals surface area contributed by atoms with Crippen LogP contribution in [0.25, 0.3) is 0 Å². The topological polar surface area (TPSA) is 58.9 Å². The van der Waals surface area contributed by atoms with Gasteiger partial charge < -0.3 is 19.4 Å². The molecule has 12 heavy (non-hydrogen) atoms. The second kappa shape index (κ2) is 5.36. The lowest BCUT2D eigenvalue weighted by atomic mass is 10.3. The monoisotopic (exact) mass is 188 g/mol. The summed E-state index contributed by atoms with van der Waals surface area (Å²) in [5.74, 6) is 0. The van der Waals surface area contributed by atoms with Crippen LogP contribution in [0.4, 0.5) is 13.2 Å². The summed E-state index contributed by atoms with van der Waals surface area (Å²) in [5.41, 5.74) is 0. The fraction of sp³-hybridized carbons (Fsp3) is 1.00. The van der Waals surface area contributed by atoms with Crippen LogP contribution in [-0.2, 0) is 9.39 Å². The van der Waals surface area contributed by atoms with E-state index >= 15 is 0 Å². The quantitative estimate of drug-likeness (QED) is 0.453. The van der Waals surface area contributed by atoms with Crippen LogP contribution in [0.5, 0.6) is 0 Å². The van der Waals surface area contributed by atoms with Crippen molar-refractivity contribution in [3.63, 3.8) is 0 Å². The second-order valence-corrected chi connectivity index (χ2v) is 1.86. The predicted octanol–water partition coefficient (Wildman–Crippen LogP) is -0.449. The molecule has 0 radical (unpaired) electrons. The average molecular weight is 188 g/mol. The van der Waals surface area contributed by atoms with Crippen molar-refractivity contribution in [3.8, 4) is 0 Å². The van der Waals surface area contributed by atoms with Crippen molar-refractivity contribution in [2.45, 2.75) is 6.18 Å². The lowest BCUT2D eigenvalue weighted by molar-refractivity contribution is -0.175. The zero-order valence-corrected chi connectivity index (χ0v) is 6.04. The third-order valence-electron chi connectivity index (χ3n) is 0.760. The highest BCUT2D eigenvalue weighted by atomic mass is 19.4. The molecule has 0 saturated carbocycles. The van der Waals surface area contributed by atoms with Gasteiger partial charge in [-0.2, -0.15) is 13.2 Å². The summed E-state index contributed by atoms with van der Waals surface area (Å²) in [6, 6.07) is 0. The Balaban J connectivity index is 3.12. The minimum absolute atomic E-state index is 0.298. The first-order valence-corrected chi connectivity index (χ1v) is 3.04. The largest absolute Gasteiger partial charge is 0.633 e. The zero-order valence-electron chi connectivity index (χ0n) is 6.04. The Kier molecular flexibility index (Phi) is 5.22. The average Bonchev–Trinajstić information content (AvgIpc) is 1.83. The molecular formula is C4H8BF3O4. The van der Waals surface area contributed by atoms with Crippen LogP contribution in [0, 0.1) is 0 Å². The number of halogens is 3. The summed E-state index contributed by atoms with van der Waals surface area (Å²) < 4.78 is 42.3. The maximum Gasteiger partial charge on any atom is 0.633 e.